The standard InChI is InChI=1S/C26H20O7/c1-30-19-8-6-14(10-21(19)31-2)11-22-25(29)17-7-9-20-24(26(17)33-22)18(13-23(28)32-20)15-4-3-5-16(27)12-15/h3-12,18,27H,13H2,1-2H3. The molecular formula is C26H20O7. The molecule has 2 heterocycles. The number of allylic oxidation sites excluding steroid dienone is 1. The highest BCUT2D eigenvalue weighted by molar-refractivity contribution is 6.15. The zero-order valence-electron chi connectivity index (χ0n) is 18.0. The van der Waals surface area contributed by atoms with Gasteiger partial charge in [-0.2, -0.15) is 0 Å². The van der Waals surface area contributed by atoms with Gasteiger partial charge in [-0.25, -0.2) is 0 Å². The Kier molecular flexibility index (Phi) is 5.01. The minimum absolute atomic E-state index is 0.0686. The molecule has 3 aromatic rings. The van der Waals surface area contributed by atoms with Gasteiger partial charge in [0.05, 0.1) is 26.2 Å². The fourth-order valence-electron chi connectivity index (χ4n) is 4.23. The van der Waals surface area contributed by atoms with Crippen molar-refractivity contribution >= 4 is 17.8 Å². The van der Waals surface area contributed by atoms with E-state index in [1.807, 2.05) is 6.07 Å². The number of ketones is 1. The minimum atomic E-state index is -0.420. The van der Waals surface area contributed by atoms with Crippen LogP contribution in [0.2, 0.25) is 0 Å². The molecule has 33 heavy (non-hydrogen) atoms. The van der Waals surface area contributed by atoms with Crippen LogP contribution in [0.25, 0.3) is 6.08 Å². The van der Waals surface area contributed by atoms with Crippen LogP contribution in [-0.2, 0) is 4.79 Å². The first kappa shape index (κ1) is 20.6. The SMILES string of the molecule is COc1ccc(C=C2Oc3c(ccc4c3C(c3cccc(O)c3)CC(=O)O4)C2=O)cc1OC. The normalized spacial score (nSPS) is 17.8. The summed E-state index contributed by atoms with van der Waals surface area (Å²) in [6, 6.07) is 15.2. The number of phenols is 1. The van der Waals surface area contributed by atoms with Gasteiger partial charge in [0.15, 0.2) is 17.3 Å². The molecule has 7 nitrogen and oxygen atoms in total. The van der Waals surface area contributed by atoms with E-state index in [0.717, 1.165) is 5.56 Å². The van der Waals surface area contributed by atoms with Crippen molar-refractivity contribution < 1.29 is 33.6 Å². The smallest absolute Gasteiger partial charge is 0.312 e. The molecule has 1 N–H and O–H groups in total. The average molecular weight is 444 g/mol. The first-order valence-electron chi connectivity index (χ1n) is 10.3. The predicted molar refractivity (Wildman–Crippen MR) is 119 cm³/mol. The van der Waals surface area contributed by atoms with E-state index in [4.69, 9.17) is 18.9 Å². The Hall–Kier alpha value is -4.26. The molecule has 0 aromatic heterocycles. The van der Waals surface area contributed by atoms with Crippen LogP contribution in [0.15, 0.2) is 60.4 Å². The lowest BCUT2D eigenvalue weighted by Gasteiger charge is -2.26. The molecule has 7 heteroatoms. The van der Waals surface area contributed by atoms with Gasteiger partial charge >= 0.3 is 5.97 Å². The van der Waals surface area contributed by atoms with Crippen LogP contribution in [0.3, 0.4) is 0 Å². The summed E-state index contributed by atoms with van der Waals surface area (Å²) in [6.07, 6.45) is 1.70. The van der Waals surface area contributed by atoms with E-state index in [-0.39, 0.29) is 29.7 Å². The van der Waals surface area contributed by atoms with E-state index < -0.39 is 5.92 Å². The Labute approximate surface area is 189 Å². The molecule has 0 amide bonds. The number of hydrogen-bond donors (Lipinski definition) is 1. The minimum Gasteiger partial charge on any atom is -0.508 e. The number of aromatic hydroxyl groups is 1. The van der Waals surface area contributed by atoms with E-state index in [0.29, 0.717) is 39.7 Å². The fraction of sp³-hybridized carbons (Fsp3) is 0.154. The van der Waals surface area contributed by atoms with Crippen LogP contribution in [-0.4, -0.2) is 31.1 Å². The zero-order valence-corrected chi connectivity index (χ0v) is 18.0. The Balaban J connectivity index is 1.58. The summed E-state index contributed by atoms with van der Waals surface area (Å²) in [6.45, 7) is 0. The van der Waals surface area contributed by atoms with Crippen LogP contribution in [0, 0.1) is 0 Å². The van der Waals surface area contributed by atoms with Crippen molar-refractivity contribution in [1.29, 1.82) is 0 Å². The highest BCUT2D eigenvalue weighted by Crippen LogP contribution is 2.49. The number of hydrogen-bond acceptors (Lipinski definition) is 7. The molecule has 0 saturated heterocycles. The van der Waals surface area contributed by atoms with Gasteiger partial charge in [0.2, 0.25) is 5.78 Å². The Morgan fingerprint density at radius 2 is 1.79 bits per heavy atom. The summed E-state index contributed by atoms with van der Waals surface area (Å²) in [4.78, 5) is 25.4. The number of methoxy groups -OCH3 is 2. The van der Waals surface area contributed by atoms with Crippen LogP contribution < -0.4 is 18.9 Å². The maximum atomic E-state index is 13.1. The second kappa shape index (κ2) is 8.02. The van der Waals surface area contributed by atoms with Gasteiger partial charge in [0.1, 0.15) is 17.2 Å². The highest BCUT2D eigenvalue weighted by Gasteiger charge is 2.38. The second-order valence-electron chi connectivity index (χ2n) is 7.73. The number of esters is 1. The van der Waals surface area contributed by atoms with Gasteiger partial charge in [-0.15, -0.1) is 0 Å². The monoisotopic (exact) mass is 444 g/mol. The maximum absolute atomic E-state index is 13.1. The number of carbonyl (C=O) groups excluding carboxylic acids is 2. The van der Waals surface area contributed by atoms with Gasteiger partial charge in [0.25, 0.3) is 0 Å². The molecular weight excluding hydrogens is 424 g/mol. The van der Waals surface area contributed by atoms with Crippen molar-refractivity contribution in [3.05, 3.63) is 82.6 Å². The molecule has 1 atom stereocenters. The molecule has 0 radical (unpaired) electrons. The lowest BCUT2D eigenvalue weighted by Crippen LogP contribution is -2.21. The fourth-order valence-corrected chi connectivity index (χ4v) is 4.23. The van der Waals surface area contributed by atoms with Crippen molar-refractivity contribution in [2.24, 2.45) is 0 Å². The molecule has 0 spiro atoms. The van der Waals surface area contributed by atoms with E-state index in [1.165, 1.54) is 7.11 Å². The first-order valence-corrected chi connectivity index (χ1v) is 10.3. The third-order valence-corrected chi connectivity index (χ3v) is 5.76. The lowest BCUT2D eigenvalue weighted by atomic mass is 9.84. The summed E-state index contributed by atoms with van der Waals surface area (Å²) in [5.41, 5.74) is 2.44. The molecule has 0 bridgehead atoms. The van der Waals surface area contributed by atoms with Crippen molar-refractivity contribution in [3.8, 4) is 28.7 Å². The number of phenolic OH excluding ortho intramolecular Hbond substituents is 1. The maximum Gasteiger partial charge on any atom is 0.312 e. The van der Waals surface area contributed by atoms with E-state index in [9.17, 15) is 14.7 Å². The molecule has 5 rings (SSSR count). The molecule has 0 fully saturated rings. The molecule has 1 unspecified atom stereocenters. The van der Waals surface area contributed by atoms with Crippen LogP contribution in [0.5, 0.6) is 28.7 Å². The summed E-state index contributed by atoms with van der Waals surface area (Å²) >= 11 is 0. The van der Waals surface area contributed by atoms with Gasteiger partial charge in [-0.3, -0.25) is 9.59 Å². The van der Waals surface area contributed by atoms with E-state index in [1.54, 1.807) is 61.7 Å². The number of ether oxygens (including phenoxy) is 4. The quantitative estimate of drug-likeness (QED) is 0.361. The third kappa shape index (κ3) is 3.57. The summed E-state index contributed by atoms with van der Waals surface area (Å²) in [7, 11) is 3.09. The van der Waals surface area contributed by atoms with Crippen molar-refractivity contribution in [2.75, 3.05) is 14.2 Å². The Bertz CT molecular complexity index is 1320. The predicted octanol–water partition coefficient (Wildman–Crippen LogP) is 4.47. The molecule has 2 aliphatic rings. The van der Waals surface area contributed by atoms with E-state index in [2.05, 4.69) is 0 Å². The molecule has 2 aliphatic heterocycles. The summed E-state index contributed by atoms with van der Waals surface area (Å²) < 4.78 is 22.1. The number of benzene rings is 3. The van der Waals surface area contributed by atoms with Crippen LogP contribution in [0.1, 0.15) is 39.4 Å². The van der Waals surface area contributed by atoms with Gasteiger partial charge in [-0.05, 0) is 53.6 Å². The average Bonchev–Trinajstić information content (AvgIpc) is 3.13. The number of rotatable bonds is 4. The Morgan fingerprint density at radius 1 is 0.970 bits per heavy atom. The van der Waals surface area contributed by atoms with Gasteiger partial charge < -0.3 is 24.1 Å². The van der Waals surface area contributed by atoms with Crippen LogP contribution in [0.4, 0.5) is 0 Å². The van der Waals surface area contributed by atoms with Crippen molar-refractivity contribution in [3.63, 3.8) is 0 Å². The molecule has 3 aromatic carbocycles. The number of carbonyl (C=O) groups is 2. The van der Waals surface area contributed by atoms with E-state index >= 15 is 0 Å². The zero-order chi connectivity index (χ0) is 23.1. The van der Waals surface area contributed by atoms with Crippen LogP contribution >= 0.6 is 0 Å². The largest absolute Gasteiger partial charge is 0.508 e. The van der Waals surface area contributed by atoms with Gasteiger partial charge in [0, 0.05) is 11.5 Å². The third-order valence-electron chi connectivity index (χ3n) is 5.76. The highest BCUT2D eigenvalue weighted by atomic mass is 16.5. The Morgan fingerprint density at radius 3 is 2.55 bits per heavy atom. The topological polar surface area (TPSA) is 91.3 Å². The van der Waals surface area contributed by atoms with Crippen molar-refractivity contribution in [1.82, 2.24) is 0 Å². The summed E-state index contributed by atoms with van der Waals surface area (Å²) in [5, 5.41) is 9.95. The molecule has 0 saturated carbocycles. The van der Waals surface area contributed by atoms with Gasteiger partial charge in [-0.1, -0.05) is 18.2 Å². The van der Waals surface area contributed by atoms with Crippen molar-refractivity contribution in [2.45, 2.75) is 12.3 Å². The first-order chi connectivity index (χ1) is 16.0. The second-order valence-corrected chi connectivity index (χ2v) is 7.73. The summed E-state index contributed by atoms with van der Waals surface area (Å²) in [5.74, 6) is 0.980. The number of Topliss-reactive ketones (excluding diaryl/α,β-unsaturated/α-hetero) is 1. The molecule has 0 aliphatic carbocycles. The number of fused-ring (bicyclic) bond motifs is 3. The lowest BCUT2D eigenvalue weighted by molar-refractivity contribution is -0.135. The molecule has 166 valence electrons.